The number of hydrogen-bond acceptors (Lipinski definition) is 4. The van der Waals surface area contributed by atoms with Gasteiger partial charge in [0.2, 0.25) is 0 Å². The number of rotatable bonds is 6. The smallest absolute Gasteiger partial charge is 0.276 e. The molecule has 1 aliphatic heterocycles. The number of likely N-dealkylation sites (N-methyl/N-ethyl adjacent to an activating group) is 2. The predicted molar refractivity (Wildman–Crippen MR) is 127 cm³/mol. The Hall–Kier alpha value is -3.38. The highest BCUT2D eigenvalue weighted by Gasteiger charge is 2.34. The highest BCUT2D eigenvalue weighted by Crippen LogP contribution is 2.31. The second-order valence-electron chi connectivity index (χ2n) is 7.26. The number of fused-ring (bicyclic) bond motifs is 1. The van der Waals surface area contributed by atoms with E-state index in [2.05, 4.69) is 24.3 Å². The average molecular weight is 433 g/mol. The van der Waals surface area contributed by atoms with Crippen LogP contribution in [0.5, 0.6) is 11.5 Å². The molecule has 158 valence electrons. The van der Waals surface area contributed by atoms with E-state index in [1.165, 1.54) is 10.8 Å². The summed E-state index contributed by atoms with van der Waals surface area (Å²) < 4.78 is 11.6. The second-order valence-corrected chi connectivity index (χ2v) is 7.62. The van der Waals surface area contributed by atoms with Crippen molar-refractivity contribution in [1.29, 1.82) is 0 Å². The minimum Gasteiger partial charge on any atom is -0.493 e. The lowest BCUT2D eigenvalue weighted by Crippen LogP contribution is -2.30. The van der Waals surface area contributed by atoms with Crippen LogP contribution in [0.2, 0.25) is 0 Å². The molecule has 1 heterocycles. The molecule has 0 aromatic heterocycles. The molecule has 0 radical (unpaired) electrons. The van der Waals surface area contributed by atoms with Gasteiger partial charge in [0.1, 0.15) is 12.3 Å². The zero-order valence-electron chi connectivity index (χ0n) is 17.8. The van der Waals surface area contributed by atoms with Crippen LogP contribution >= 0.6 is 12.2 Å². The van der Waals surface area contributed by atoms with Gasteiger partial charge in [-0.2, -0.15) is 0 Å². The van der Waals surface area contributed by atoms with Gasteiger partial charge in [0.05, 0.1) is 7.11 Å². The number of methoxy groups -OCH3 is 1. The molecule has 0 bridgehead atoms. The zero-order valence-corrected chi connectivity index (χ0v) is 18.6. The first-order valence-corrected chi connectivity index (χ1v) is 10.5. The van der Waals surface area contributed by atoms with E-state index in [0.29, 0.717) is 35.5 Å². The summed E-state index contributed by atoms with van der Waals surface area (Å²) in [5.74, 6) is 1.16. The molecule has 0 unspecified atom stereocenters. The summed E-state index contributed by atoms with van der Waals surface area (Å²) in [6.45, 7) is 2.88. The molecule has 3 aromatic carbocycles. The van der Waals surface area contributed by atoms with Crippen molar-refractivity contribution < 1.29 is 14.3 Å². The third-order valence-electron chi connectivity index (χ3n) is 5.41. The maximum atomic E-state index is 12.6. The summed E-state index contributed by atoms with van der Waals surface area (Å²) in [4.78, 5) is 15.9. The largest absolute Gasteiger partial charge is 0.493 e. The number of carbonyl (C=O) groups excluding carboxylic acids is 1. The Morgan fingerprint density at radius 1 is 1.03 bits per heavy atom. The maximum Gasteiger partial charge on any atom is 0.276 e. The standard InChI is InChI=1S/C25H24N2O3S/c1-4-27-24(28)21(26(2)25(27)31)14-17-12-13-22(23(15-17)29-3)30-16-19-10-7-9-18-8-5-6-11-20(18)19/h5-15H,4,16H2,1-3H3/b21-14-. The maximum absolute atomic E-state index is 12.6. The molecule has 0 atom stereocenters. The summed E-state index contributed by atoms with van der Waals surface area (Å²) in [5.41, 5.74) is 2.49. The monoisotopic (exact) mass is 432 g/mol. The number of carbonyl (C=O) groups is 1. The Balaban J connectivity index is 1.57. The predicted octanol–water partition coefficient (Wildman–Crippen LogP) is 4.85. The van der Waals surface area contributed by atoms with Crippen molar-refractivity contribution >= 4 is 40.1 Å². The number of hydrogen-bond donors (Lipinski definition) is 0. The van der Waals surface area contributed by atoms with E-state index < -0.39 is 0 Å². The molecular weight excluding hydrogens is 408 g/mol. The van der Waals surface area contributed by atoms with Gasteiger partial charge in [0, 0.05) is 13.6 Å². The Morgan fingerprint density at radius 3 is 2.55 bits per heavy atom. The van der Waals surface area contributed by atoms with Gasteiger partial charge in [-0.25, -0.2) is 0 Å². The van der Waals surface area contributed by atoms with Gasteiger partial charge in [-0.3, -0.25) is 9.69 Å². The van der Waals surface area contributed by atoms with Crippen molar-refractivity contribution in [2.24, 2.45) is 0 Å². The first kappa shape index (κ1) is 20.9. The highest BCUT2D eigenvalue weighted by atomic mass is 32.1. The van der Waals surface area contributed by atoms with Crippen LogP contribution in [0.15, 0.2) is 66.4 Å². The fraction of sp³-hybridized carbons (Fsp3) is 0.200. The summed E-state index contributed by atoms with van der Waals surface area (Å²) in [6, 6.07) is 20.1. The van der Waals surface area contributed by atoms with Crippen molar-refractivity contribution in [1.82, 2.24) is 9.80 Å². The van der Waals surface area contributed by atoms with Gasteiger partial charge in [0.25, 0.3) is 5.91 Å². The highest BCUT2D eigenvalue weighted by molar-refractivity contribution is 7.80. The van der Waals surface area contributed by atoms with Crippen LogP contribution in [0.1, 0.15) is 18.1 Å². The topological polar surface area (TPSA) is 42.0 Å². The van der Waals surface area contributed by atoms with Crippen LogP contribution in [0.25, 0.3) is 16.8 Å². The van der Waals surface area contributed by atoms with Crippen LogP contribution in [0.4, 0.5) is 0 Å². The van der Waals surface area contributed by atoms with Crippen LogP contribution in [0.3, 0.4) is 0 Å². The molecular formula is C25H24N2O3S. The molecule has 1 aliphatic rings. The first-order chi connectivity index (χ1) is 15.0. The van der Waals surface area contributed by atoms with E-state index in [4.69, 9.17) is 21.7 Å². The lowest BCUT2D eigenvalue weighted by Gasteiger charge is -2.14. The SMILES string of the molecule is CCN1C(=O)/C(=C/c2ccc(OCc3cccc4ccccc34)c(OC)c2)N(C)C1=S. The normalized spacial score (nSPS) is 15.3. The number of thiocarbonyl (C=S) groups is 1. The van der Waals surface area contributed by atoms with Crippen molar-refractivity contribution in [3.63, 3.8) is 0 Å². The zero-order chi connectivity index (χ0) is 22.0. The van der Waals surface area contributed by atoms with Crippen LogP contribution in [0, 0.1) is 0 Å². The third-order valence-corrected chi connectivity index (χ3v) is 5.91. The second kappa shape index (κ2) is 8.78. The van der Waals surface area contributed by atoms with Gasteiger partial charge in [0.15, 0.2) is 16.6 Å². The lowest BCUT2D eigenvalue weighted by molar-refractivity contribution is -0.122. The molecule has 1 fully saturated rings. The quantitative estimate of drug-likeness (QED) is 0.412. The molecule has 0 aliphatic carbocycles. The molecule has 1 amide bonds. The first-order valence-electron chi connectivity index (χ1n) is 10.1. The number of nitrogens with zero attached hydrogens (tertiary/aromatic N) is 2. The van der Waals surface area contributed by atoms with Crippen LogP contribution < -0.4 is 9.47 Å². The molecule has 0 spiro atoms. The number of ether oxygens (including phenoxy) is 2. The van der Waals surface area contributed by atoms with Gasteiger partial charge in [-0.05, 0) is 59.2 Å². The molecule has 3 aromatic rings. The number of benzene rings is 3. The van der Waals surface area contributed by atoms with E-state index in [1.54, 1.807) is 24.0 Å². The van der Waals surface area contributed by atoms with Crippen molar-refractivity contribution in [2.75, 3.05) is 20.7 Å². The Bertz CT molecular complexity index is 1180. The van der Waals surface area contributed by atoms with E-state index >= 15 is 0 Å². The van der Waals surface area contributed by atoms with Gasteiger partial charge in [-0.1, -0.05) is 48.5 Å². The van der Waals surface area contributed by atoms with Crippen LogP contribution in [-0.4, -0.2) is 41.5 Å². The summed E-state index contributed by atoms with van der Waals surface area (Å²) in [6.07, 6.45) is 1.82. The molecule has 0 N–H and O–H groups in total. The van der Waals surface area contributed by atoms with Crippen molar-refractivity contribution in [2.45, 2.75) is 13.5 Å². The van der Waals surface area contributed by atoms with Crippen molar-refractivity contribution in [3.05, 3.63) is 77.5 Å². The van der Waals surface area contributed by atoms with Crippen LogP contribution in [-0.2, 0) is 11.4 Å². The fourth-order valence-corrected chi connectivity index (χ4v) is 4.03. The van der Waals surface area contributed by atoms with Gasteiger partial charge < -0.3 is 14.4 Å². The third kappa shape index (κ3) is 3.99. The number of amides is 1. The molecule has 5 nitrogen and oxygen atoms in total. The van der Waals surface area contributed by atoms with E-state index in [9.17, 15) is 4.79 Å². The Labute approximate surface area is 187 Å². The summed E-state index contributed by atoms with van der Waals surface area (Å²) in [7, 11) is 3.42. The van der Waals surface area contributed by atoms with E-state index in [1.807, 2.05) is 49.4 Å². The van der Waals surface area contributed by atoms with E-state index in [0.717, 1.165) is 11.1 Å². The Kier molecular flexibility index (Phi) is 5.91. The average Bonchev–Trinajstić information content (AvgIpc) is 3.00. The minimum atomic E-state index is -0.0924. The summed E-state index contributed by atoms with van der Waals surface area (Å²) in [5, 5.41) is 2.87. The van der Waals surface area contributed by atoms with Crippen molar-refractivity contribution in [3.8, 4) is 11.5 Å². The van der Waals surface area contributed by atoms with Gasteiger partial charge in [-0.15, -0.1) is 0 Å². The molecule has 6 heteroatoms. The molecule has 0 saturated carbocycles. The van der Waals surface area contributed by atoms with Gasteiger partial charge >= 0.3 is 0 Å². The minimum absolute atomic E-state index is 0.0924. The Morgan fingerprint density at radius 2 is 1.81 bits per heavy atom. The molecule has 1 saturated heterocycles. The molecule has 4 rings (SSSR count). The van der Waals surface area contributed by atoms with E-state index in [-0.39, 0.29) is 5.91 Å². The lowest BCUT2D eigenvalue weighted by atomic mass is 10.1. The fourth-order valence-electron chi connectivity index (χ4n) is 3.72. The summed E-state index contributed by atoms with van der Waals surface area (Å²) >= 11 is 5.36. The molecule has 31 heavy (non-hydrogen) atoms.